The summed E-state index contributed by atoms with van der Waals surface area (Å²) in [4.78, 5) is 10.3. The molecule has 0 rings (SSSR count). The monoisotopic (exact) mass is 301 g/mol. The molecule has 0 heterocycles. The van der Waals surface area contributed by atoms with Gasteiger partial charge in [-0.25, -0.2) is 8.81 Å². The summed E-state index contributed by atoms with van der Waals surface area (Å²) in [7, 11) is -0.0812. The Kier molecular flexibility index (Phi) is 19.8. The van der Waals surface area contributed by atoms with Gasteiger partial charge < -0.3 is 4.89 Å². The van der Waals surface area contributed by atoms with Crippen LogP contribution in [0.1, 0.15) is 110 Å². The molecule has 0 fully saturated rings. The molecule has 0 saturated heterocycles. The first-order valence-electron chi connectivity index (χ1n) is 9.26. The first-order valence-corrected chi connectivity index (χ1v) is 10.4. The van der Waals surface area contributed by atoms with Gasteiger partial charge in [-0.3, -0.25) is 0 Å². The molecule has 0 spiro atoms. The van der Waals surface area contributed by atoms with Gasteiger partial charge in [-0.1, -0.05) is 110 Å². The van der Waals surface area contributed by atoms with Crippen molar-refractivity contribution in [3.63, 3.8) is 0 Å². The molecule has 1 nitrogen and oxygen atoms in total. The maximum atomic E-state index is 10.3. The van der Waals surface area contributed by atoms with Crippen molar-refractivity contribution in [2.24, 2.45) is 0 Å². The molecule has 20 heavy (non-hydrogen) atoms. The predicted octanol–water partition coefficient (Wildman–Crippen LogP) is 6.20. The third kappa shape index (κ3) is 18.4. The van der Waals surface area contributed by atoms with E-state index in [0.717, 1.165) is 6.16 Å². The molecule has 0 aliphatic rings. The van der Waals surface area contributed by atoms with E-state index in [4.69, 9.17) is 0 Å². The number of rotatable bonds is 17. The van der Waals surface area contributed by atoms with Crippen molar-refractivity contribution >= 4 is 8.81 Å². The fraction of sp³-hybridized carbons (Fsp3) is 1.00. The lowest BCUT2D eigenvalue weighted by atomic mass is 10.0. The van der Waals surface area contributed by atoms with Crippen LogP contribution in [0.15, 0.2) is 0 Å². The van der Waals surface area contributed by atoms with E-state index >= 15 is 0 Å². The largest absolute Gasteiger partial charge is 0.832 e. The van der Waals surface area contributed by atoms with Gasteiger partial charge in [0.2, 0.25) is 0 Å². The van der Waals surface area contributed by atoms with Crippen LogP contribution >= 0.6 is 8.81 Å². The van der Waals surface area contributed by atoms with Gasteiger partial charge >= 0.3 is 0 Å². The van der Waals surface area contributed by atoms with Crippen LogP contribution in [0.25, 0.3) is 0 Å². The highest BCUT2D eigenvalue weighted by Gasteiger charge is 1.94. The molecule has 0 amide bonds. The average molecular weight is 301 g/mol. The standard InChI is InChI=1S/C18H38OP/c1-2-3-4-5-6-7-8-9-10-11-12-13-14-15-16-17-18-20-19/h20H,2-18H2,1H3/q-1. The van der Waals surface area contributed by atoms with E-state index in [2.05, 4.69) is 6.92 Å². The second-order valence-electron chi connectivity index (χ2n) is 6.20. The highest BCUT2D eigenvalue weighted by Crippen LogP contribution is 2.14. The van der Waals surface area contributed by atoms with E-state index in [1.54, 1.807) is 0 Å². The van der Waals surface area contributed by atoms with Gasteiger partial charge in [0.25, 0.3) is 0 Å². The Labute approximate surface area is 130 Å². The smallest absolute Gasteiger partial charge is 0.0499 e. The van der Waals surface area contributed by atoms with Gasteiger partial charge in [0.15, 0.2) is 0 Å². The Hall–Kier alpha value is 0.390. The summed E-state index contributed by atoms with van der Waals surface area (Å²) in [6, 6.07) is 0. The van der Waals surface area contributed by atoms with E-state index in [-0.39, 0.29) is 8.81 Å². The maximum absolute atomic E-state index is 10.3. The molecular formula is C18H38OP-. The van der Waals surface area contributed by atoms with Crippen LogP contribution in [0, 0.1) is 0 Å². The molecule has 0 N–H and O–H groups in total. The first-order chi connectivity index (χ1) is 9.91. The summed E-state index contributed by atoms with van der Waals surface area (Å²) in [5.41, 5.74) is 0. The molecule has 0 aliphatic carbocycles. The molecule has 1 unspecified atom stereocenters. The number of unbranched alkanes of at least 4 members (excludes halogenated alkanes) is 15. The van der Waals surface area contributed by atoms with Crippen molar-refractivity contribution in [3.8, 4) is 0 Å². The Morgan fingerprint density at radius 3 is 1.10 bits per heavy atom. The van der Waals surface area contributed by atoms with Gasteiger partial charge in [-0.05, 0) is 6.16 Å². The van der Waals surface area contributed by atoms with Gasteiger partial charge in [0.1, 0.15) is 0 Å². The van der Waals surface area contributed by atoms with E-state index < -0.39 is 0 Å². The number of hydrogen-bond donors (Lipinski definition) is 0. The summed E-state index contributed by atoms with van der Waals surface area (Å²) < 4.78 is 0. The lowest BCUT2D eigenvalue weighted by molar-refractivity contribution is -0.150. The molecule has 122 valence electrons. The highest BCUT2D eigenvalue weighted by molar-refractivity contribution is 7.29. The zero-order chi connectivity index (χ0) is 14.7. The molecule has 1 atom stereocenters. The zero-order valence-electron chi connectivity index (χ0n) is 13.9. The van der Waals surface area contributed by atoms with Crippen molar-refractivity contribution in [1.29, 1.82) is 0 Å². The van der Waals surface area contributed by atoms with Crippen LogP contribution in [0.2, 0.25) is 0 Å². The normalized spacial score (nSPS) is 11.7. The van der Waals surface area contributed by atoms with Crippen molar-refractivity contribution in [1.82, 2.24) is 0 Å². The van der Waals surface area contributed by atoms with E-state index in [0.29, 0.717) is 0 Å². The minimum absolute atomic E-state index is 0.0812. The Morgan fingerprint density at radius 2 is 0.800 bits per heavy atom. The fourth-order valence-electron chi connectivity index (χ4n) is 2.75. The summed E-state index contributed by atoms with van der Waals surface area (Å²) in [5.74, 6) is 0. The minimum atomic E-state index is -0.0812. The van der Waals surface area contributed by atoms with Crippen molar-refractivity contribution in [3.05, 3.63) is 0 Å². The van der Waals surface area contributed by atoms with Gasteiger partial charge in [0.05, 0.1) is 0 Å². The van der Waals surface area contributed by atoms with Gasteiger partial charge in [-0.2, -0.15) is 0 Å². The topological polar surface area (TPSA) is 23.1 Å². The lowest BCUT2D eigenvalue weighted by Crippen LogP contribution is -1.87. The molecule has 0 aromatic carbocycles. The van der Waals surface area contributed by atoms with E-state index in [1.165, 1.54) is 103 Å². The summed E-state index contributed by atoms with van der Waals surface area (Å²) in [6.07, 6.45) is 23.4. The second kappa shape index (κ2) is 19.4. The van der Waals surface area contributed by atoms with Gasteiger partial charge in [-0.15, -0.1) is 0 Å². The Balaban J connectivity index is 2.89. The third-order valence-corrected chi connectivity index (χ3v) is 4.69. The average Bonchev–Trinajstić information content (AvgIpc) is 2.47. The van der Waals surface area contributed by atoms with Crippen LogP contribution in [-0.2, 0) is 0 Å². The van der Waals surface area contributed by atoms with Crippen molar-refractivity contribution in [2.45, 2.75) is 110 Å². The fourth-order valence-corrected chi connectivity index (χ4v) is 3.14. The zero-order valence-corrected chi connectivity index (χ0v) is 14.9. The Morgan fingerprint density at radius 1 is 0.500 bits per heavy atom. The van der Waals surface area contributed by atoms with Crippen molar-refractivity contribution < 1.29 is 4.89 Å². The first kappa shape index (κ1) is 20.4. The van der Waals surface area contributed by atoms with Crippen LogP contribution < -0.4 is 4.89 Å². The second-order valence-corrected chi connectivity index (χ2v) is 6.99. The van der Waals surface area contributed by atoms with Crippen LogP contribution in [-0.4, -0.2) is 6.16 Å². The summed E-state index contributed by atoms with van der Waals surface area (Å²) >= 11 is 0. The maximum Gasteiger partial charge on any atom is -0.0499 e. The summed E-state index contributed by atoms with van der Waals surface area (Å²) in [6.45, 7) is 2.28. The van der Waals surface area contributed by atoms with Crippen LogP contribution in [0.5, 0.6) is 0 Å². The molecule has 0 aliphatic heterocycles. The third-order valence-electron chi connectivity index (χ3n) is 4.13. The molecule has 0 radical (unpaired) electrons. The van der Waals surface area contributed by atoms with E-state index in [9.17, 15) is 4.89 Å². The van der Waals surface area contributed by atoms with Crippen molar-refractivity contribution in [2.75, 3.05) is 6.16 Å². The van der Waals surface area contributed by atoms with Crippen LogP contribution in [0.3, 0.4) is 0 Å². The lowest BCUT2D eigenvalue weighted by Gasteiger charge is -2.04. The molecular weight excluding hydrogens is 263 g/mol. The minimum Gasteiger partial charge on any atom is -0.832 e. The molecule has 2 heteroatoms. The number of hydrogen-bond acceptors (Lipinski definition) is 1. The molecule has 0 saturated carbocycles. The van der Waals surface area contributed by atoms with Gasteiger partial charge in [0, 0.05) is 0 Å². The predicted molar refractivity (Wildman–Crippen MR) is 92.7 cm³/mol. The summed E-state index contributed by atoms with van der Waals surface area (Å²) in [5, 5.41) is 0. The molecule has 0 aromatic rings. The molecule has 0 bridgehead atoms. The quantitative estimate of drug-likeness (QED) is 0.232. The molecule has 0 aromatic heterocycles. The highest BCUT2D eigenvalue weighted by atomic mass is 31.1. The Bertz CT molecular complexity index is 143. The van der Waals surface area contributed by atoms with Crippen LogP contribution in [0.4, 0.5) is 0 Å². The van der Waals surface area contributed by atoms with E-state index in [1.807, 2.05) is 0 Å². The SMILES string of the molecule is CCCCCCCCCCCCCCCCCCP[O-].